The van der Waals surface area contributed by atoms with Crippen LogP contribution in [0.25, 0.3) is 0 Å². The molecule has 0 radical (unpaired) electrons. The van der Waals surface area contributed by atoms with Crippen LogP contribution < -0.4 is 4.74 Å². The molecule has 33 heavy (non-hydrogen) atoms. The van der Waals surface area contributed by atoms with Gasteiger partial charge in [-0.15, -0.1) is 0 Å². The summed E-state index contributed by atoms with van der Waals surface area (Å²) in [5.74, 6) is -1.49. The van der Waals surface area contributed by atoms with Gasteiger partial charge in [-0.05, 0) is 59.7 Å². The lowest BCUT2D eigenvalue weighted by Gasteiger charge is -2.30. The number of rotatable bonds is 6. The smallest absolute Gasteiger partial charge is 0.424 e. The van der Waals surface area contributed by atoms with E-state index in [4.69, 9.17) is 21.1 Å². The third-order valence-corrected chi connectivity index (χ3v) is 3.64. The molecule has 0 fully saturated rings. The molecule has 2 amide bonds. The molecule has 184 valence electrons. The number of carbonyl (C=O) groups is 3. The van der Waals surface area contributed by atoms with Gasteiger partial charge in [-0.3, -0.25) is 4.79 Å². The lowest BCUT2D eigenvalue weighted by atomic mass is 10.1. The summed E-state index contributed by atoms with van der Waals surface area (Å²) in [4.78, 5) is 41.2. The number of ether oxygens (including phenoxy) is 3. The standard InChI is InChI=1S/C22H29ClF2N2O6/c1-21(2,3)32-19(29)27(20(30)33-22(4,5)6)15(12-26(7)8)17(28)14-11-13(23)9-10-16(14)31-18(24)25/h9-12,18H,1-8H3. The van der Waals surface area contributed by atoms with Gasteiger partial charge in [-0.1, -0.05) is 11.6 Å². The highest BCUT2D eigenvalue weighted by Crippen LogP contribution is 2.29. The second kappa shape index (κ2) is 10.8. The lowest BCUT2D eigenvalue weighted by Crippen LogP contribution is -2.45. The molecule has 1 rings (SSSR count). The van der Waals surface area contributed by atoms with Crippen molar-refractivity contribution >= 4 is 29.6 Å². The first kappa shape index (κ1) is 28.2. The zero-order valence-corrected chi connectivity index (χ0v) is 20.6. The first-order valence-electron chi connectivity index (χ1n) is 9.84. The molecule has 1 aromatic rings. The maximum atomic E-state index is 13.5. The predicted octanol–water partition coefficient (Wildman–Crippen LogP) is 5.70. The number of carbonyl (C=O) groups excluding carboxylic acids is 3. The van der Waals surface area contributed by atoms with Crippen LogP contribution in [0.2, 0.25) is 5.02 Å². The van der Waals surface area contributed by atoms with Crippen molar-refractivity contribution in [3.63, 3.8) is 0 Å². The summed E-state index contributed by atoms with van der Waals surface area (Å²) in [6.07, 6.45) is -1.24. The van der Waals surface area contributed by atoms with Gasteiger partial charge in [0, 0.05) is 25.3 Å². The third-order valence-electron chi connectivity index (χ3n) is 3.41. The third kappa shape index (κ3) is 9.25. The van der Waals surface area contributed by atoms with Crippen molar-refractivity contribution in [1.29, 1.82) is 0 Å². The minimum absolute atomic E-state index is 0.0465. The Hall–Kier alpha value is -2.88. The van der Waals surface area contributed by atoms with Crippen LogP contribution in [-0.4, -0.2) is 59.7 Å². The zero-order valence-electron chi connectivity index (χ0n) is 19.9. The lowest BCUT2D eigenvalue weighted by molar-refractivity contribution is -0.0502. The number of allylic oxidation sites excluding steroid dienone is 1. The number of alkyl halides is 2. The van der Waals surface area contributed by atoms with Crippen LogP contribution in [0.15, 0.2) is 30.1 Å². The summed E-state index contributed by atoms with van der Waals surface area (Å²) in [6, 6.07) is 3.43. The van der Waals surface area contributed by atoms with Crippen molar-refractivity contribution in [2.75, 3.05) is 14.1 Å². The molecule has 0 spiro atoms. The van der Waals surface area contributed by atoms with Gasteiger partial charge in [0.05, 0.1) is 5.56 Å². The van der Waals surface area contributed by atoms with Gasteiger partial charge in [0.1, 0.15) is 22.6 Å². The molecule has 0 unspecified atom stereocenters. The maximum absolute atomic E-state index is 13.5. The topological polar surface area (TPSA) is 85.4 Å². The number of amides is 2. The molecule has 0 heterocycles. The number of Topliss-reactive ketones (excluding diaryl/α,β-unsaturated/α-hetero) is 1. The summed E-state index contributed by atoms with van der Waals surface area (Å²) < 4.78 is 40.9. The Kier molecular flexibility index (Phi) is 9.24. The fourth-order valence-electron chi connectivity index (χ4n) is 2.37. The molecule has 0 saturated carbocycles. The molecular weight excluding hydrogens is 462 g/mol. The SMILES string of the molecule is CN(C)C=C(C(=O)c1cc(Cl)ccc1OC(F)F)N(C(=O)OC(C)(C)C)C(=O)OC(C)(C)C. The largest absolute Gasteiger partial charge is 0.443 e. The van der Waals surface area contributed by atoms with Crippen molar-refractivity contribution in [3.05, 3.63) is 40.7 Å². The molecule has 8 nitrogen and oxygen atoms in total. The molecule has 0 N–H and O–H groups in total. The average molecular weight is 491 g/mol. The molecule has 1 aromatic carbocycles. The number of nitrogens with zero attached hydrogens (tertiary/aromatic N) is 2. The normalized spacial score (nSPS) is 12.3. The highest BCUT2D eigenvalue weighted by Gasteiger charge is 2.38. The van der Waals surface area contributed by atoms with Gasteiger partial charge in [-0.2, -0.15) is 13.7 Å². The Morgan fingerprint density at radius 1 is 0.970 bits per heavy atom. The van der Waals surface area contributed by atoms with E-state index in [0.717, 1.165) is 18.3 Å². The zero-order chi connectivity index (χ0) is 25.7. The summed E-state index contributed by atoms with van der Waals surface area (Å²) in [5, 5.41) is 0.0465. The monoisotopic (exact) mass is 490 g/mol. The van der Waals surface area contributed by atoms with E-state index in [1.54, 1.807) is 41.5 Å². The van der Waals surface area contributed by atoms with Gasteiger partial charge >= 0.3 is 18.8 Å². The van der Waals surface area contributed by atoms with E-state index in [0.29, 0.717) is 4.90 Å². The highest BCUT2D eigenvalue weighted by molar-refractivity contribution is 6.31. The maximum Gasteiger partial charge on any atom is 0.424 e. The molecule has 0 atom stereocenters. The van der Waals surface area contributed by atoms with Gasteiger partial charge < -0.3 is 19.1 Å². The van der Waals surface area contributed by atoms with Crippen LogP contribution >= 0.6 is 11.6 Å². The van der Waals surface area contributed by atoms with Crippen LogP contribution in [0.4, 0.5) is 18.4 Å². The van der Waals surface area contributed by atoms with Crippen LogP contribution in [-0.2, 0) is 9.47 Å². The number of hydrogen-bond acceptors (Lipinski definition) is 7. The number of benzene rings is 1. The van der Waals surface area contributed by atoms with E-state index in [9.17, 15) is 23.2 Å². The summed E-state index contributed by atoms with van der Waals surface area (Å²) in [7, 11) is 3.06. The van der Waals surface area contributed by atoms with E-state index in [1.807, 2.05) is 0 Å². The molecule has 0 bridgehead atoms. The van der Waals surface area contributed by atoms with E-state index in [1.165, 1.54) is 25.1 Å². The Morgan fingerprint density at radius 3 is 1.85 bits per heavy atom. The number of imide groups is 1. The predicted molar refractivity (Wildman–Crippen MR) is 118 cm³/mol. The Morgan fingerprint density at radius 2 is 1.45 bits per heavy atom. The number of halogens is 3. The minimum atomic E-state index is -3.23. The first-order valence-corrected chi connectivity index (χ1v) is 10.2. The Balaban J connectivity index is 3.70. The van der Waals surface area contributed by atoms with Crippen molar-refractivity contribution in [2.24, 2.45) is 0 Å². The van der Waals surface area contributed by atoms with E-state index < -0.39 is 52.8 Å². The van der Waals surface area contributed by atoms with Crippen molar-refractivity contribution in [1.82, 2.24) is 9.80 Å². The first-order chi connectivity index (χ1) is 14.9. The van der Waals surface area contributed by atoms with Crippen molar-refractivity contribution < 1.29 is 37.4 Å². The summed E-state index contributed by atoms with van der Waals surface area (Å²) in [5.41, 5.74) is -2.97. The van der Waals surface area contributed by atoms with E-state index in [2.05, 4.69) is 4.74 Å². The van der Waals surface area contributed by atoms with Gasteiger partial charge in [0.2, 0.25) is 5.78 Å². The van der Waals surface area contributed by atoms with Crippen LogP contribution in [0, 0.1) is 0 Å². The number of hydrogen-bond donors (Lipinski definition) is 0. The summed E-state index contributed by atoms with van der Waals surface area (Å²) in [6.45, 7) is 6.19. The van der Waals surface area contributed by atoms with Gasteiger partial charge in [-0.25, -0.2) is 9.59 Å². The molecule has 0 aliphatic carbocycles. The second-order valence-electron chi connectivity index (χ2n) is 9.12. The van der Waals surface area contributed by atoms with E-state index in [-0.39, 0.29) is 5.02 Å². The Labute approximate surface area is 197 Å². The Bertz CT molecular complexity index is 892. The second-order valence-corrected chi connectivity index (χ2v) is 9.56. The quantitative estimate of drug-likeness (QED) is 0.373. The molecule has 11 heteroatoms. The fourth-order valence-corrected chi connectivity index (χ4v) is 2.54. The van der Waals surface area contributed by atoms with Crippen molar-refractivity contribution in [2.45, 2.75) is 59.4 Å². The van der Waals surface area contributed by atoms with Crippen LogP contribution in [0.3, 0.4) is 0 Å². The number of ketones is 1. The molecule has 0 saturated heterocycles. The van der Waals surface area contributed by atoms with Crippen LogP contribution in [0.1, 0.15) is 51.9 Å². The molecule has 0 aliphatic heterocycles. The summed E-state index contributed by atoms with van der Waals surface area (Å²) >= 11 is 5.96. The van der Waals surface area contributed by atoms with Crippen LogP contribution in [0.5, 0.6) is 5.75 Å². The molecule has 0 aromatic heterocycles. The molecule has 0 aliphatic rings. The van der Waals surface area contributed by atoms with Gasteiger partial charge in [0.25, 0.3) is 0 Å². The minimum Gasteiger partial charge on any atom is -0.443 e. The van der Waals surface area contributed by atoms with Crippen molar-refractivity contribution in [3.8, 4) is 5.75 Å². The van der Waals surface area contributed by atoms with Gasteiger partial charge in [0.15, 0.2) is 0 Å². The molecular formula is C22H29ClF2N2O6. The van der Waals surface area contributed by atoms with E-state index >= 15 is 0 Å². The highest BCUT2D eigenvalue weighted by atomic mass is 35.5. The average Bonchev–Trinajstić information content (AvgIpc) is 2.58. The fraction of sp³-hybridized carbons (Fsp3) is 0.500.